The monoisotopic (exact) mass is 223 g/mol. The van der Waals surface area contributed by atoms with E-state index in [1.54, 1.807) is 0 Å². The molecule has 2 unspecified atom stereocenters. The van der Waals surface area contributed by atoms with Crippen LogP contribution in [0.15, 0.2) is 0 Å². The van der Waals surface area contributed by atoms with Gasteiger partial charge in [0.15, 0.2) is 17.8 Å². The fraction of sp³-hybridized carbons (Fsp3) is 0.700. The van der Waals surface area contributed by atoms with Crippen molar-refractivity contribution in [1.82, 2.24) is 15.2 Å². The van der Waals surface area contributed by atoms with Gasteiger partial charge in [-0.05, 0) is 25.7 Å². The third-order valence-electron chi connectivity index (χ3n) is 3.06. The van der Waals surface area contributed by atoms with Crippen LogP contribution in [0.4, 0.5) is 0 Å². The molecule has 3 rings (SSSR count). The van der Waals surface area contributed by atoms with Gasteiger partial charge in [0, 0.05) is 5.92 Å². The van der Waals surface area contributed by atoms with E-state index < -0.39 is 12.1 Å². The van der Waals surface area contributed by atoms with Crippen LogP contribution < -0.4 is 0 Å². The highest BCUT2D eigenvalue weighted by atomic mass is 16.5. The largest absolute Gasteiger partial charge is 0.479 e. The van der Waals surface area contributed by atoms with E-state index in [0.29, 0.717) is 24.6 Å². The third-order valence-corrected chi connectivity index (χ3v) is 3.06. The first-order chi connectivity index (χ1) is 7.74. The van der Waals surface area contributed by atoms with Crippen molar-refractivity contribution in [3.63, 3.8) is 0 Å². The van der Waals surface area contributed by atoms with Crippen molar-refractivity contribution in [2.75, 3.05) is 0 Å². The fourth-order valence-electron chi connectivity index (χ4n) is 1.98. The Bertz CT molecular complexity index is 413. The van der Waals surface area contributed by atoms with Crippen LogP contribution in [0.25, 0.3) is 0 Å². The van der Waals surface area contributed by atoms with Crippen LogP contribution >= 0.6 is 0 Å². The van der Waals surface area contributed by atoms with Crippen molar-refractivity contribution < 1.29 is 14.6 Å². The van der Waals surface area contributed by atoms with Crippen molar-refractivity contribution in [2.45, 2.75) is 43.8 Å². The number of nitrogens with one attached hydrogen (secondary N) is 1. The summed E-state index contributed by atoms with van der Waals surface area (Å²) in [5.41, 5.74) is 0. The summed E-state index contributed by atoms with van der Waals surface area (Å²) < 4.78 is 5.39. The smallest absolute Gasteiger partial charge is 0.332 e. The SMILES string of the molecule is O=C(O)C1CCC(c2nc(C3CC3)n[nH]2)O1. The zero-order valence-corrected chi connectivity index (χ0v) is 8.72. The molecule has 1 aromatic heterocycles. The van der Waals surface area contributed by atoms with Gasteiger partial charge < -0.3 is 9.84 Å². The quantitative estimate of drug-likeness (QED) is 0.797. The van der Waals surface area contributed by atoms with Crippen LogP contribution in [0.1, 0.15) is 49.4 Å². The van der Waals surface area contributed by atoms with E-state index in [1.807, 2.05) is 0 Å². The molecule has 16 heavy (non-hydrogen) atoms. The lowest BCUT2D eigenvalue weighted by atomic mass is 10.2. The number of hydrogen-bond acceptors (Lipinski definition) is 4. The molecule has 0 amide bonds. The average Bonchev–Trinajstić information content (AvgIpc) is 2.83. The Kier molecular flexibility index (Phi) is 2.17. The number of ether oxygens (including phenoxy) is 1. The second-order valence-electron chi connectivity index (χ2n) is 4.38. The normalized spacial score (nSPS) is 29.5. The van der Waals surface area contributed by atoms with Gasteiger partial charge in [-0.15, -0.1) is 0 Å². The number of carbonyl (C=O) groups is 1. The standard InChI is InChI=1S/C10H13N3O3/c14-10(15)7-4-3-6(16-7)9-11-8(12-13-9)5-1-2-5/h5-7H,1-4H2,(H,14,15)(H,11,12,13). The first-order valence-corrected chi connectivity index (χ1v) is 5.54. The molecule has 0 spiro atoms. The summed E-state index contributed by atoms with van der Waals surface area (Å²) in [7, 11) is 0. The molecular weight excluding hydrogens is 210 g/mol. The third kappa shape index (κ3) is 1.69. The molecule has 0 radical (unpaired) electrons. The second-order valence-corrected chi connectivity index (χ2v) is 4.38. The maximum absolute atomic E-state index is 10.7. The number of aromatic nitrogens is 3. The molecule has 0 aromatic carbocycles. The van der Waals surface area contributed by atoms with Crippen LogP contribution in [-0.2, 0) is 9.53 Å². The lowest BCUT2D eigenvalue weighted by Gasteiger charge is -2.06. The molecule has 2 atom stereocenters. The maximum Gasteiger partial charge on any atom is 0.332 e. The van der Waals surface area contributed by atoms with Gasteiger partial charge in [-0.25, -0.2) is 9.78 Å². The van der Waals surface area contributed by atoms with E-state index in [9.17, 15) is 4.79 Å². The van der Waals surface area contributed by atoms with Gasteiger partial charge >= 0.3 is 5.97 Å². The van der Waals surface area contributed by atoms with Crippen molar-refractivity contribution >= 4 is 5.97 Å². The van der Waals surface area contributed by atoms with Gasteiger partial charge in [-0.3, -0.25) is 5.10 Å². The van der Waals surface area contributed by atoms with Gasteiger partial charge in [0.2, 0.25) is 0 Å². The van der Waals surface area contributed by atoms with Gasteiger partial charge in [0.05, 0.1) is 0 Å². The van der Waals surface area contributed by atoms with Gasteiger partial charge in [0.25, 0.3) is 0 Å². The Hall–Kier alpha value is -1.43. The first-order valence-electron chi connectivity index (χ1n) is 5.54. The van der Waals surface area contributed by atoms with Crippen molar-refractivity contribution in [3.8, 4) is 0 Å². The van der Waals surface area contributed by atoms with E-state index in [0.717, 1.165) is 18.7 Å². The van der Waals surface area contributed by atoms with Gasteiger partial charge in [-0.1, -0.05) is 0 Å². The molecular formula is C10H13N3O3. The fourth-order valence-corrected chi connectivity index (χ4v) is 1.98. The van der Waals surface area contributed by atoms with Crippen molar-refractivity contribution in [2.24, 2.45) is 0 Å². The van der Waals surface area contributed by atoms with Crippen LogP contribution in [0, 0.1) is 0 Å². The summed E-state index contributed by atoms with van der Waals surface area (Å²) in [5.74, 6) is 1.12. The summed E-state index contributed by atoms with van der Waals surface area (Å²) in [6.45, 7) is 0. The zero-order chi connectivity index (χ0) is 11.1. The summed E-state index contributed by atoms with van der Waals surface area (Å²) in [4.78, 5) is 15.1. The van der Waals surface area contributed by atoms with Crippen LogP contribution in [0.2, 0.25) is 0 Å². The highest BCUT2D eigenvalue weighted by molar-refractivity contribution is 5.72. The zero-order valence-electron chi connectivity index (χ0n) is 8.72. The van der Waals surface area contributed by atoms with E-state index in [4.69, 9.17) is 9.84 Å². The number of carboxylic acid groups (broad SMARTS) is 1. The lowest BCUT2D eigenvalue weighted by molar-refractivity contribution is -0.149. The molecule has 6 nitrogen and oxygen atoms in total. The molecule has 1 saturated carbocycles. The number of nitrogens with zero attached hydrogens (tertiary/aromatic N) is 2. The maximum atomic E-state index is 10.7. The van der Waals surface area contributed by atoms with E-state index in [-0.39, 0.29) is 6.10 Å². The molecule has 1 aliphatic carbocycles. The predicted octanol–water partition coefficient (Wildman–Crippen LogP) is 0.987. The average molecular weight is 223 g/mol. The topological polar surface area (TPSA) is 88.1 Å². The second kappa shape index (κ2) is 3.55. The number of aromatic amines is 1. The Morgan fingerprint density at radius 2 is 2.19 bits per heavy atom. The number of H-pyrrole nitrogens is 1. The van der Waals surface area contributed by atoms with Gasteiger partial charge in [-0.2, -0.15) is 5.10 Å². The Labute approximate surface area is 92.0 Å². The van der Waals surface area contributed by atoms with Crippen LogP contribution in [0.3, 0.4) is 0 Å². The summed E-state index contributed by atoms with van der Waals surface area (Å²) >= 11 is 0. The number of carboxylic acids is 1. The Balaban J connectivity index is 1.70. The molecule has 2 aliphatic rings. The molecule has 1 aromatic rings. The highest BCUT2D eigenvalue weighted by Crippen LogP contribution is 2.39. The Morgan fingerprint density at radius 1 is 1.38 bits per heavy atom. The van der Waals surface area contributed by atoms with E-state index in [1.165, 1.54) is 0 Å². The van der Waals surface area contributed by atoms with E-state index >= 15 is 0 Å². The number of hydrogen-bond donors (Lipinski definition) is 2. The van der Waals surface area contributed by atoms with Crippen molar-refractivity contribution in [1.29, 1.82) is 0 Å². The number of aliphatic carboxylic acids is 1. The molecule has 2 fully saturated rings. The minimum Gasteiger partial charge on any atom is -0.479 e. The minimum absolute atomic E-state index is 0.235. The molecule has 6 heteroatoms. The van der Waals surface area contributed by atoms with Crippen LogP contribution in [-0.4, -0.2) is 32.4 Å². The summed E-state index contributed by atoms with van der Waals surface area (Å²) in [6, 6.07) is 0. The molecule has 1 saturated heterocycles. The molecule has 2 N–H and O–H groups in total. The summed E-state index contributed by atoms with van der Waals surface area (Å²) in [5, 5.41) is 15.8. The minimum atomic E-state index is -0.899. The molecule has 0 bridgehead atoms. The molecule has 1 aliphatic heterocycles. The number of rotatable bonds is 3. The lowest BCUT2D eigenvalue weighted by Crippen LogP contribution is -2.18. The van der Waals surface area contributed by atoms with E-state index in [2.05, 4.69) is 15.2 Å². The van der Waals surface area contributed by atoms with Gasteiger partial charge in [0.1, 0.15) is 6.10 Å². The molecule has 2 heterocycles. The molecule has 86 valence electrons. The Morgan fingerprint density at radius 3 is 2.81 bits per heavy atom. The van der Waals surface area contributed by atoms with Crippen molar-refractivity contribution in [3.05, 3.63) is 11.6 Å². The first kappa shape index (κ1) is 9.77. The summed E-state index contributed by atoms with van der Waals surface area (Å²) in [6.07, 6.45) is 2.61. The van der Waals surface area contributed by atoms with Crippen LogP contribution in [0.5, 0.6) is 0 Å². The predicted molar refractivity (Wildman–Crippen MR) is 52.8 cm³/mol. The highest BCUT2D eigenvalue weighted by Gasteiger charge is 2.34.